The summed E-state index contributed by atoms with van der Waals surface area (Å²) in [5, 5.41) is 0.728. The van der Waals surface area contributed by atoms with Crippen LogP contribution in [0.3, 0.4) is 0 Å². The fourth-order valence-electron chi connectivity index (χ4n) is 1.30. The third kappa shape index (κ3) is 2.67. The maximum atomic E-state index is 5.80. The fourth-order valence-corrected chi connectivity index (χ4v) is 1.42. The monoisotopic (exact) mass is 230 g/mol. The molecule has 16 heavy (non-hydrogen) atoms. The lowest BCUT2D eigenvalue weighted by atomic mass is 10.2. The molecule has 1 heterocycles. The van der Waals surface area contributed by atoms with Gasteiger partial charge < -0.3 is 0 Å². The molecule has 0 radical (unpaired) electrons. The van der Waals surface area contributed by atoms with E-state index in [2.05, 4.69) is 9.98 Å². The molecule has 0 spiro atoms. The second-order valence-electron chi connectivity index (χ2n) is 3.45. The van der Waals surface area contributed by atoms with Crippen LogP contribution in [-0.4, -0.2) is 11.2 Å². The van der Waals surface area contributed by atoms with E-state index >= 15 is 0 Å². The average molecular weight is 231 g/mol. The molecule has 2 aromatic rings. The summed E-state index contributed by atoms with van der Waals surface area (Å²) < 4.78 is 0. The largest absolute Gasteiger partial charge is 0.237 e. The van der Waals surface area contributed by atoms with Gasteiger partial charge in [0.1, 0.15) is 0 Å². The van der Waals surface area contributed by atoms with Crippen molar-refractivity contribution < 1.29 is 0 Å². The Bertz CT molecular complexity index is 504. The zero-order valence-corrected chi connectivity index (χ0v) is 9.65. The number of rotatable bonds is 2. The number of nitrogens with zero attached hydrogens (tertiary/aromatic N) is 2. The van der Waals surface area contributed by atoms with E-state index in [1.165, 1.54) is 0 Å². The summed E-state index contributed by atoms with van der Waals surface area (Å²) in [6, 6.07) is 11.4. The molecule has 0 atom stereocenters. The first kappa shape index (κ1) is 10.8. The number of pyridine rings is 1. The molecule has 2 rings (SSSR count). The van der Waals surface area contributed by atoms with Crippen molar-refractivity contribution in [1.82, 2.24) is 4.98 Å². The molecule has 0 bridgehead atoms. The number of aromatic nitrogens is 1. The number of halogens is 1. The molecule has 0 N–H and O–H groups in total. The Labute approximate surface area is 99.6 Å². The van der Waals surface area contributed by atoms with Gasteiger partial charge in [0.15, 0.2) is 5.82 Å². The highest BCUT2D eigenvalue weighted by molar-refractivity contribution is 6.30. The molecular formula is C13H11ClN2. The molecule has 2 nitrogen and oxygen atoms in total. The van der Waals surface area contributed by atoms with Gasteiger partial charge in [0.25, 0.3) is 0 Å². The molecule has 1 aromatic carbocycles. The zero-order chi connectivity index (χ0) is 11.4. The second-order valence-corrected chi connectivity index (χ2v) is 3.89. The van der Waals surface area contributed by atoms with E-state index in [4.69, 9.17) is 11.6 Å². The van der Waals surface area contributed by atoms with Gasteiger partial charge in [0.05, 0.1) is 0 Å². The average Bonchev–Trinajstić information content (AvgIpc) is 2.30. The molecule has 0 fully saturated rings. The zero-order valence-electron chi connectivity index (χ0n) is 8.89. The highest BCUT2D eigenvalue weighted by Crippen LogP contribution is 2.14. The second kappa shape index (κ2) is 4.90. The minimum Gasteiger partial charge on any atom is -0.237 e. The summed E-state index contributed by atoms with van der Waals surface area (Å²) in [6.07, 6.45) is 3.52. The molecule has 0 unspecified atom stereocenters. The maximum absolute atomic E-state index is 5.80. The van der Waals surface area contributed by atoms with Gasteiger partial charge in [-0.25, -0.2) is 9.98 Å². The highest BCUT2D eigenvalue weighted by atomic mass is 35.5. The lowest BCUT2D eigenvalue weighted by Gasteiger charge is -1.97. The van der Waals surface area contributed by atoms with Crippen molar-refractivity contribution in [3.8, 4) is 0 Å². The van der Waals surface area contributed by atoms with Crippen molar-refractivity contribution in [2.45, 2.75) is 6.92 Å². The van der Waals surface area contributed by atoms with E-state index in [0.717, 1.165) is 22.0 Å². The number of benzene rings is 1. The minimum absolute atomic E-state index is 0.728. The molecule has 0 amide bonds. The Kier molecular flexibility index (Phi) is 3.32. The van der Waals surface area contributed by atoms with E-state index in [1.54, 1.807) is 12.4 Å². The lowest BCUT2D eigenvalue weighted by molar-refractivity contribution is 1.23. The third-order valence-corrected chi connectivity index (χ3v) is 2.44. The Morgan fingerprint density at radius 1 is 1.19 bits per heavy atom. The van der Waals surface area contributed by atoms with Crippen molar-refractivity contribution in [3.63, 3.8) is 0 Å². The molecule has 3 heteroatoms. The minimum atomic E-state index is 0.728. The molecule has 0 saturated carbocycles. The Morgan fingerprint density at radius 3 is 2.62 bits per heavy atom. The van der Waals surface area contributed by atoms with E-state index < -0.39 is 0 Å². The van der Waals surface area contributed by atoms with E-state index in [1.807, 2.05) is 43.3 Å². The van der Waals surface area contributed by atoms with E-state index in [9.17, 15) is 0 Å². The van der Waals surface area contributed by atoms with Crippen LogP contribution in [0.25, 0.3) is 0 Å². The van der Waals surface area contributed by atoms with Gasteiger partial charge in [0, 0.05) is 17.4 Å². The van der Waals surface area contributed by atoms with Gasteiger partial charge in [-0.15, -0.1) is 0 Å². The van der Waals surface area contributed by atoms with Crippen LogP contribution >= 0.6 is 11.6 Å². The predicted octanol–water partition coefficient (Wildman–Crippen LogP) is 3.79. The fraction of sp³-hybridized carbons (Fsp3) is 0.0769. The van der Waals surface area contributed by atoms with Gasteiger partial charge in [-0.1, -0.05) is 29.8 Å². The summed E-state index contributed by atoms with van der Waals surface area (Å²) in [5.74, 6) is 0.748. The molecular weight excluding hydrogens is 220 g/mol. The van der Waals surface area contributed by atoms with Crippen LogP contribution in [0.4, 0.5) is 5.82 Å². The molecule has 0 aliphatic heterocycles. The van der Waals surface area contributed by atoms with Crippen LogP contribution < -0.4 is 0 Å². The van der Waals surface area contributed by atoms with Crippen molar-refractivity contribution in [3.05, 3.63) is 58.7 Å². The van der Waals surface area contributed by atoms with E-state index in [-0.39, 0.29) is 0 Å². The molecule has 0 aliphatic carbocycles. The first-order valence-electron chi connectivity index (χ1n) is 4.97. The van der Waals surface area contributed by atoms with Crippen LogP contribution in [0, 0.1) is 6.92 Å². The lowest BCUT2D eigenvalue weighted by Crippen LogP contribution is -1.82. The number of hydrogen-bond acceptors (Lipinski definition) is 2. The van der Waals surface area contributed by atoms with Crippen LogP contribution in [0.1, 0.15) is 11.1 Å². The van der Waals surface area contributed by atoms with Crippen LogP contribution in [-0.2, 0) is 0 Å². The number of hydrogen-bond donors (Lipinski definition) is 0. The summed E-state index contributed by atoms with van der Waals surface area (Å²) >= 11 is 5.80. The summed E-state index contributed by atoms with van der Waals surface area (Å²) in [6.45, 7) is 1.99. The smallest absolute Gasteiger partial charge is 0.154 e. The normalized spacial score (nSPS) is 10.9. The van der Waals surface area contributed by atoms with Crippen LogP contribution in [0.15, 0.2) is 47.6 Å². The van der Waals surface area contributed by atoms with Gasteiger partial charge in [0.2, 0.25) is 0 Å². The standard InChI is InChI=1S/C13H11ClN2/c1-10-3-2-8-15-13(10)16-9-11-4-6-12(14)7-5-11/h2-9H,1H3. The van der Waals surface area contributed by atoms with Crippen molar-refractivity contribution in [2.75, 3.05) is 0 Å². The maximum Gasteiger partial charge on any atom is 0.154 e. The Balaban J connectivity index is 2.21. The molecule has 0 aliphatic rings. The van der Waals surface area contributed by atoms with Crippen molar-refractivity contribution in [1.29, 1.82) is 0 Å². The van der Waals surface area contributed by atoms with Crippen LogP contribution in [0.5, 0.6) is 0 Å². The summed E-state index contributed by atoms with van der Waals surface area (Å²) in [7, 11) is 0. The van der Waals surface area contributed by atoms with E-state index in [0.29, 0.717) is 0 Å². The summed E-state index contributed by atoms with van der Waals surface area (Å²) in [5.41, 5.74) is 2.07. The number of aryl methyl sites for hydroxylation is 1. The SMILES string of the molecule is Cc1cccnc1N=Cc1ccc(Cl)cc1. The first-order chi connectivity index (χ1) is 7.75. The third-order valence-electron chi connectivity index (χ3n) is 2.19. The molecule has 80 valence electrons. The van der Waals surface area contributed by atoms with Gasteiger partial charge in [-0.05, 0) is 36.2 Å². The predicted molar refractivity (Wildman–Crippen MR) is 67.7 cm³/mol. The Hall–Kier alpha value is -1.67. The van der Waals surface area contributed by atoms with Crippen LogP contribution in [0.2, 0.25) is 5.02 Å². The van der Waals surface area contributed by atoms with Crippen molar-refractivity contribution in [2.24, 2.45) is 4.99 Å². The molecule has 0 saturated heterocycles. The highest BCUT2D eigenvalue weighted by Gasteiger charge is 1.94. The summed E-state index contributed by atoms with van der Waals surface area (Å²) in [4.78, 5) is 8.51. The van der Waals surface area contributed by atoms with Gasteiger partial charge in [-0.3, -0.25) is 0 Å². The molecule has 1 aromatic heterocycles. The number of aliphatic imine (C=N–C) groups is 1. The van der Waals surface area contributed by atoms with Crippen molar-refractivity contribution >= 4 is 23.6 Å². The van der Waals surface area contributed by atoms with Gasteiger partial charge >= 0.3 is 0 Å². The van der Waals surface area contributed by atoms with Gasteiger partial charge in [-0.2, -0.15) is 0 Å². The quantitative estimate of drug-likeness (QED) is 0.721. The first-order valence-corrected chi connectivity index (χ1v) is 5.35. The Morgan fingerprint density at radius 2 is 1.94 bits per heavy atom. The topological polar surface area (TPSA) is 25.2 Å².